The van der Waals surface area contributed by atoms with E-state index in [1.165, 1.54) is 6.07 Å². The molecule has 0 bridgehead atoms. The van der Waals surface area contributed by atoms with Crippen molar-refractivity contribution in [3.05, 3.63) is 113 Å². The molecule has 0 radical (unpaired) electrons. The number of hydrogen-bond donors (Lipinski definition) is 2. The predicted molar refractivity (Wildman–Crippen MR) is 137 cm³/mol. The highest BCUT2D eigenvalue weighted by molar-refractivity contribution is 7.80. The fraction of sp³-hybridized carbons (Fsp3) is 0.148. The van der Waals surface area contributed by atoms with Crippen molar-refractivity contribution in [2.24, 2.45) is 0 Å². The molecule has 8 heteroatoms. The fourth-order valence-corrected chi connectivity index (χ4v) is 5.22. The number of para-hydroxylation sites is 2. The summed E-state index contributed by atoms with van der Waals surface area (Å²) < 4.78 is 16.9. The first-order valence-corrected chi connectivity index (χ1v) is 11.6. The molecule has 1 fully saturated rings. The van der Waals surface area contributed by atoms with E-state index in [2.05, 4.69) is 10.3 Å². The van der Waals surface area contributed by atoms with Gasteiger partial charge < -0.3 is 19.9 Å². The molecule has 0 amide bonds. The van der Waals surface area contributed by atoms with Gasteiger partial charge in [0.15, 0.2) is 5.11 Å². The zero-order chi connectivity index (χ0) is 24.7. The Hall–Kier alpha value is -4.04. The van der Waals surface area contributed by atoms with Crippen molar-refractivity contribution >= 4 is 29.0 Å². The van der Waals surface area contributed by atoms with Crippen molar-refractivity contribution in [3.8, 4) is 5.69 Å². The molecule has 0 saturated carbocycles. The average Bonchev–Trinajstić information content (AvgIpc) is 3.35. The fourth-order valence-electron chi connectivity index (χ4n) is 4.88. The number of aryl methyl sites for hydroxylation is 1. The van der Waals surface area contributed by atoms with Gasteiger partial charge >= 0.3 is 5.97 Å². The lowest BCUT2D eigenvalue weighted by Gasteiger charge is -2.28. The van der Waals surface area contributed by atoms with E-state index in [4.69, 9.17) is 12.2 Å². The summed E-state index contributed by atoms with van der Waals surface area (Å²) in [5.74, 6) is -1.38. The number of aromatic carboxylic acids is 1. The highest BCUT2D eigenvalue weighted by Crippen LogP contribution is 2.44. The van der Waals surface area contributed by atoms with Crippen molar-refractivity contribution in [1.82, 2.24) is 14.9 Å². The maximum atomic E-state index is 15.0. The minimum Gasteiger partial charge on any atom is -0.478 e. The molecular formula is C27H23FN4O2S. The number of nitrogens with zero attached hydrogens (tertiary/aromatic N) is 3. The number of pyridine rings is 1. The number of benzene rings is 2. The Morgan fingerprint density at radius 3 is 2.40 bits per heavy atom. The van der Waals surface area contributed by atoms with E-state index >= 15 is 4.39 Å². The molecule has 3 heterocycles. The van der Waals surface area contributed by atoms with Crippen LogP contribution in [0.25, 0.3) is 5.69 Å². The molecule has 2 N–H and O–H groups in total. The molecule has 35 heavy (non-hydrogen) atoms. The molecule has 6 nitrogen and oxygen atoms in total. The number of carboxylic acids is 1. The van der Waals surface area contributed by atoms with Gasteiger partial charge in [-0.25, -0.2) is 9.18 Å². The van der Waals surface area contributed by atoms with E-state index in [1.807, 2.05) is 48.7 Å². The Bertz CT molecular complexity index is 1440. The van der Waals surface area contributed by atoms with E-state index in [0.717, 1.165) is 22.6 Å². The van der Waals surface area contributed by atoms with Gasteiger partial charge in [-0.05, 0) is 74.1 Å². The number of halogens is 1. The molecule has 5 rings (SSSR count). The Morgan fingerprint density at radius 1 is 1.03 bits per heavy atom. The predicted octanol–water partition coefficient (Wildman–Crippen LogP) is 5.50. The van der Waals surface area contributed by atoms with Gasteiger partial charge in [-0.15, -0.1) is 0 Å². The largest absolute Gasteiger partial charge is 0.478 e. The van der Waals surface area contributed by atoms with Crippen LogP contribution in [0, 0.1) is 19.7 Å². The zero-order valence-corrected chi connectivity index (χ0v) is 20.0. The van der Waals surface area contributed by atoms with E-state index < -0.39 is 12.0 Å². The van der Waals surface area contributed by atoms with Crippen molar-refractivity contribution < 1.29 is 14.3 Å². The molecule has 2 aromatic heterocycles. The molecule has 2 aromatic carbocycles. The van der Waals surface area contributed by atoms with Crippen LogP contribution < -0.4 is 10.2 Å². The second kappa shape index (κ2) is 8.96. The van der Waals surface area contributed by atoms with Crippen LogP contribution in [0.15, 0.2) is 79.0 Å². The molecule has 2 atom stereocenters. The summed E-state index contributed by atoms with van der Waals surface area (Å²) in [7, 11) is 0. The summed E-state index contributed by atoms with van der Waals surface area (Å²) in [5, 5.41) is 13.5. The Labute approximate surface area is 207 Å². The van der Waals surface area contributed by atoms with Crippen molar-refractivity contribution in [2.45, 2.75) is 25.9 Å². The minimum absolute atomic E-state index is 0.202. The Balaban J connectivity index is 1.72. The lowest BCUT2D eigenvalue weighted by Crippen LogP contribution is -2.30. The Morgan fingerprint density at radius 2 is 1.71 bits per heavy atom. The van der Waals surface area contributed by atoms with E-state index in [9.17, 15) is 9.90 Å². The van der Waals surface area contributed by atoms with Gasteiger partial charge in [-0.3, -0.25) is 4.98 Å². The maximum Gasteiger partial charge on any atom is 0.337 e. The summed E-state index contributed by atoms with van der Waals surface area (Å²) in [6.07, 6.45) is 1.72. The number of aromatic nitrogens is 2. The first-order chi connectivity index (χ1) is 16.9. The molecule has 0 aliphatic carbocycles. The van der Waals surface area contributed by atoms with E-state index in [1.54, 1.807) is 47.5 Å². The lowest BCUT2D eigenvalue weighted by atomic mass is 9.96. The van der Waals surface area contributed by atoms with Crippen molar-refractivity contribution in [1.29, 1.82) is 0 Å². The number of anilines is 1. The number of hydrogen-bond acceptors (Lipinski definition) is 3. The topological polar surface area (TPSA) is 70.4 Å². The van der Waals surface area contributed by atoms with Crippen LogP contribution in [0.1, 0.15) is 45.1 Å². The van der Waals surface area contributed by atoms with Crippen LogP contribution in [0.3, 0.4) is 0 Å². The Kier molecular flexibility index (Phi) is 5.82. The molecule has 4 aromatic rings. The summed E-state index contributed by atoms with van der Waals surface area (Å²) in [5.41, 5.74) is 4.51. The summed E-state index contributed by atoms with van der Waals surface area (Å²) in [4.78, 5) is 18.3. The van der Waals surface area contributed by atoms with E-state index in [0.29, 0.717) is 16.5 Å². The summed E-state index contributed by atoms with van der Waals surface area (Å²) >= 11 is 5.70. The van der Waals surface area contributed by atoms with Crippen LogP contribution in [-0.4, -0.2) is 25.7 Å². The van der Waals surface area contributed by atoms with Crippen LogP contribution in [-0.2, 0) is 0 Å². The van der Waals surface area contributed by atoms with Gasteiger partial charge in [-0.1, -0.05) is 30.3 Å². The molecule has 1 aliphatic rings. The van der Waals surface area contributed by atoms with Gasteiger partial charge in [0.2, 0.25) is 0 Å². The van der Waals surface area contributed by atoms with Gasteiger partial charge in [0.1, 0.15) is 5.82 Å². The molecular weight excluding hydrogens is 463 g/mol. The van der Waals surface area contributed by atoms with Crippen molar-refractivity contribution in [3.63, 3.8) is 0 Å². The first-order valence-electron chi connectivity index (χ1n) is 11.1. The summed E-state index contributed by atoms with van der Waals surface area (Å²) in [6, 6.07) is 20.4. The third-order valence-electron chi connectivity index (χ3n) is 6.37. The van der Waals surface area contributed by atoms with E-state index in [-0.39, 0.29) is 17.4 Å². The van der Waals surface area contributed by atoms with Gasteiger partial charge in [0.25, 0.3) is 0 Å². The van der Waals surface area contributed by atoms with Gasteiger partial charge in [-0.2, -0.15) is 0 Å². The molecule has 176 valence electrons. The molecule has 1 saturated heterocycles. The molecule has 0 spiro atoms. The SMILES string of the molecule is Cc1cc([C@@H]2[C@H](c3ccccn3)NC(=S)N2c2ccccc2F)c(C)n1-c1ccccc1C(=O)O. The number of carboxylic acid groups (broad SMARTS) is 1. The van der Waals surface area contributed by atoms with Crippen LogP contribution in [0.4, 0.5) is 10.1 Å². The standard InChI is InChI=1S/C27H23FN4O2S/c1-16-15-19(17(2)31(16)22-12-5-3-9-18(22)26(33)34)25-24(21-11-7-8-14-29-21)30-27(35)32(25)23-13-6-4-10-20(23)28/h3-15,24-25H,1-2H3,(H,30,35)(H,33,34)/t24-,25+/m0/s1. The number of carbonyl (C=O) groups is 1. The molecule has 1 aliphatic heterocycles. The zero-order valence-electron chi connectivity index (χ0n) is 19.1. The normalized spacial score (nSPS) is 17.5. The van der Waals surface area contributed by atoms with Crippen LogP contribution >= 0.6 is 12.2 Å². The number of nitrogens with one attached hydrogen (secondary N) is 1. The third kappa shape index (κ3) is 3.85. The highest BCUT2D eigenvalue weighted by atomic mass is 32.1. The minimum atomic E-state index is -1.00. The lowest BCUT2D eigenvalue weighted by molar-refractivity contribution is 0.0697. The van der Waals surface area contributed by atoms with Crippen LogP contribution in [0.2, 0.25) is 0 Å². The number of thiocarbonyl (C=S) groups is 1. The summed E-state index contributed by atoms with van der Waals surface area (Å²) in [6.45, 7) is 3.87. The maximum absolute atomic E-state index is 15.0. The van der Waals surface area contributed by atoms with Crippen LogP contribution in [0.5, 0.6) is 0 Å². The van der Waals surface area contributed by atoms with Gasteiger partial charge in [0.05, 0.1) is 34.7 Å². The quantitative estimate of drug-likeness (QED) is 0.363. The second-order valence-corrected chi connectivity index (χ2v) is 8.82. The molecule has 0 unspecified atom stereocenters. The van der Waals surface area contributed by atoms with Crippen molar-refractivity contribution in [2.75, 3.05) is 4.90 Å². The monoisotopic (exact) mass is 486 g/mol. The smallest absolute Gasteiger partial charge is 0.337 e. The number of rotatable bonds is 5. The third-order valence-corrected chi connectivity index (χ3v) is 6.69. The first kappa shape index (κ1) is 22.7. The van der Waals surface area contributed by atoms with Gasteiger partial charge in [0, 0.05) is 17.6 Å². The second-order valence-electron chi connectivity index (χ2n) is 8.43. The highest BCUT2D eigenvalue weighted by Gasteiger charge is 2.43. The average molecular weight is 487 g/mol.